The first-order chi connectivity index (χ1) is 9.97. The highest BCUT2D eigenvalue weighted by Crippen LogP contribution is 2.21. The van der Waals surface area contributed by atoms with E-state index in [1.54, 1.807) is 0 Å². The van der Waals surface area contributed by atoms with Crippen molar-refractivity contribution < 1.29 is 13.9 Å². The molecule has 0 aliphatic rings. The third-order valence-corrected chi connectivity index (χ3v) is 3.78. The van der Waals surface area contributed by atoms with Crippen molar-refractivity contribution in [2.45, 2.75) is 19.1 Å². The maximum Gasteiger partial charge on any atom is 0.129 e. The van der Waals surface area contributed by atoms with Crippen molar-refractivity contribution in [2.75, 3.05) is 6.54 Å². The Morgan fingerprint density at radius 2 is 1.95 bits per heavy atom. The molecule has 0 saturated heterocycles. The third-order valence-electron chi connectivity index (χ3n) is 3.28. The minimum Gasteiger partial charge on any atom is -0.387 e. The Hall–Kier alpha value is -1.30. The first-order valence-corrected chi connectivity index (χ1v) is 7.38. The molecule has 5 heteroatoms. The Bertz CT molecular complexity index is 621. The summed E-state index contributed by atoms with van der Waals surface area (Å²) in [5, 5.41) is 13.1. The van der Waals surface area contributed by atoms with Crippen LogP contribution in [0.5, 0.6) is 0 Å². The van der Waals surface area contributed by atoms with Gasteiger partial charge in [-0.2, -0.15) is 0 Å². The van der Waals surface area contributed by atoms with Crippen molar-refractivity contribution >= 4 is 15.9 Å². The highest BCUT2D eigenvalue weighted by molar-refractivity contribution is 9.10. The average Bonchev–Trinajstić information content (AvgIpc) is 2.47. The Labute approximate surface area is 130 Å². The van der Waals surface area contributed by atoms with Crippen LogP contribution >= 0.6 is 15.9 Å². The minimum absolute atomic E-state index is 0.0197. The van der Waals surface area contributed by atoms with Gasteiger partial charge in [0.15, 0.2) is 0 Å². The van der Waals surface area contributed by atoms with E-state index in [1.165, 1.54) is 0 Å². The van der Waals surface area contributed by atoms with Crippen molar-refractivity contribution in [1.82, 2.24) is 5.32 Å². The second kappa shape index (κ2) is 7.11. The van der Waals surface area contributed by atoms with Crippen LogP contribution in [-0.2, 0) is 0 Å². The zero-order valence-corrected chi connectivity index (χ0v) is 13.1. The normalized spacial score (nSPS) is 14.0. The molecule has 2 atom stereocenters. The maximum absolute atomic E-state index is 13.6. The maximum atomic E-state index is 13.6. The van der Waals surface area contributed by atoms with Crippen LogP contribution in [0.15, 0.2) is 46.9 Å². The van der Waals surface area contributed by atoms with Crippen molar-refractivity contribution in [1.29, 1.82) is 0 Å². The molecule has 2 unspecified atom stereocenters. The molecule has 112 valence electrons. The lowest BCUT2D eigenvalue weighted by atomic mass is 10.1. The van der Waals surface area contributed by atoms with E-state index in [9.17, 15) is 13.9 Å². The minimum atomic E-state index is -1.10. The number of hydrogen-bond acceptors (Lipinski definition) is 2. The van der Waals surface area contributed by atoms with Crippen LogP contribution < -0.4 is 5.32 Å². The van der Waals surface area contributed by atoms with Gasteiger partial charge >= 0.3 is 0 Å². The van der Waals surface area contributed by atoms with E-state index in [1.807, 2.05) is 31.2 Å². The predicted molar refractivity (Wildman–Crippen MR) is 81.9 cm³/mol. The summed E-state index contributed by atoms with van der Waals surface area (Å²) in [6.45, 7) is 2.07. The summed E-state index contributed by atoms with van der Waals surface area (Å²) in [6, 6.07) is 10.8. The fourth-order valence-corrected chi connectivity index (χ4v) is 2.48. The summed E-state index contributed by atoms with van der Waals surface area (Å²) in [5.41, 5.74) is 1.00. The number of benzene rings is 2. The van der Waals surface area contributed by atoms with Gasteiger partial charge in [0.05, 0.1) is 6.10 Å². The molecule has 2 nitrogen and oxygen atoms in total. The summed E-state index contributed by atoms with van der Waals surface area (Å²) < 4.78 is 27.6. The van der Waals surface area contributed by atoms with Gasteiger partial charge in [-0.25, -0.2) is 8.78 Å². The van der Waals surface area contributed by atoms with Gasteiger partial charge < -0.3 is 10.4 Å². The smallest absolute Gasteiger partial charge is 0.129 e. The third kappa shape index (κ3) is 4.33. The van der Waals surface area contributed by atoms with E-state index < -0.39 is 17.7 Å². The van der Waals surface area contributed by atoms with Gasteiger partial charge in [-0.05, 0) is 42.8 Å². The standard InChI is InChI=1S/C16H16BrF2NO/c1-10(11-3-2-4-12(17)7-11)20-9-16(21)14-8-13(18)5-6-15(14)19/h2-8,10,16,20-21H,9H2,1H3. The molecule has 2 aromatic carbocycles. The Kier molecular flexibility index (Phi) is 5.45. The molecule has 0 aromatic heterocycles. The summed E-state index contributed by atoms with van der Waals surface area (Å²) in [6.07, 6.45) is -1.10. The molecule has 0 spiro atoms. The van der Waals surface area contributed by atoms with E-state index in [0.29, 0.717) is 0 Å². The number of aliphatic hydroxyl groups is 1. The lowest BCUT2D eigenvalue weighted by Gasteiger charge is -2.18. The van der Waals surface area contributed by atoms with E-state index >= 15 is 0 Å². The van der Waals surface area contributed by atoms with Crippen molar-refractivity contribution in [3.05, 3.63) is 69.7 Å². The molecule has 0 amide bonds. The largest absolute Gasteiger partial charge is 0.387 e. The molecule has 0 saturated carbocycles. The zero-order valence-electron chi connectivity index (χ0n) is 11.5. The predicted octanol–water partition coefficient (Wildman–Crippen LogP) is 4.11. The quantitative estimate of drug-likeness (QED) is 0.845. The van der Waals surface area contributed by atoms with Crippen molar-refractivity contribution in [3.8, 4) is 0 Å². The SMILES string of the molecule is CC(NCC(O)c1cc(F)ccc1F)c1cccc(Br)c1. The van der Waals surface area contributed by atoms with Crippen LogP contribution in [0.3, 0.4) is 0 Å². The molecule has 0 heterocycles. The summed E-state index contributed by atoms with van der Waals surface area (Å²) >= 11 is 3.40. The number of aliphatic hydroxyl groups excluding tert-OH is 1. The van der Waals surface area contributed by atoms with E-state index in [0.717, 1.165) is 28.2 Å². The summed E-state index contributed by atoms with van der Waals surface area (Å²) in [7, 11) is 0. The number of rotatable bonds is 5. The molecular formula is C16H16BrF2NO. The van der Waals surface area contributed by atoms with E-state index in [4.69, 9.17) is 0 Å². The molecule has 2 N–H and O–H groups in total. The van der Waals surface area contributed by atoms with Gasteiger partial charge in [-0.15, -0.1) is 0 Å². The highest BCUT2D eigenvalue weighted by Gasteiger charge is 2.15. The van der Waals surface area contributed by atoms with Crippen LogP contribution in [0, 0.1) is 11.6 Å². The Morgan fingerprint density at radius 1 is 1.19 bits per heavy atom. The summed E-state index contributed by atoms with van der Waals surface area (Å²) in [4.78, 5) is 0. The van der Waals surface area contributed by atoms with E-state index in [-0.39, 0.29) is 18.2 Å². The topological polar surface area (TPSA) is 32.3 Å². The lowest BCUT2D eigenvalue weighted by molar-refractivity contribution is 0.166. The number of halogens is 3. The number of nitrogens with one attached hydrogen (secondary N) is 1. The van der Waals surface area contributed by atoms with Crippen LogP contribution in [0.25, 0.3) is 0 Å². The van der Waals surface area contributed by atoms with Gasteiger partial charge in [0.25, 0.3) is 0 Å². The zero-order chi connectivity index (χ0) is 15.4. The molecule has 0 radical (unpaired) electrons. The van der Waals surface area contributed by atoms with Crippen LogP contribution in [0.2, 0.25) is 0 Å². The summed E-state index contributed by atoms with van der Waals surface area (Å²) in [5.74, 6) is -1.17. The Morgan fingerprint density at radius 3 is 2.67 bits per heavy atom. The second-order valence-electron chi connectivity index (χ2n) is 4.87. The van der Waals surface area contributed by atoms with Gasteiger partial charge in [-0.3, -0.25) is 0 Å². The Balaban J connectivity index is 2.00. The first-order valence-electron chi connectivity index (χ1n) is 6.59. The molecule has 0 aliphatic carbocycles. The number of hydrogen-bond donors (Lipinski definition) is 2. The van der Waals surface area contributed by atoms with Crippen LogP contribution in [-0.4, -0.2) is 11.7 Å². The average molecular weight is 356 g/mol. The monoisotopic (exact) mass is 355 g/mol. The molecule has 0 fully saturated rings. The molecule has 0 bridgehead atoms. The van der Waals surface area contributed by atoms with Crippen LogP contribution in [0.4, 0.5) is 8.78 Å². The highest BCUT2D eigenvalue weighted by atomic mass is 79.9. The molecule has 2 rings (SSSR count). The van der Waals surface area contributed by atoms with Crippen LogP contribution in [0.1, 0.15) is 30.2 Å². The molecular weight excluding hydrogens is 340 g/mol. The molecule has 21 heavy (non-hydrogen) atoms. The van der Waals surface area contributed by atoms with Gasteiger partial charge in [0.1, 0.15) is 11.6 Å². The van der Waals surface area contributed by atoms with Gasteiger partial charge in [0.2, 0.25) is 0 Å². The second-order valence-corrected chi connectivity index (χ2v) is 5.78. The molecule has 2 aromatic rings. The lowest BCUT2D eigenvalue weighted by Crippen LogP contribution is -2.25. The van der Waals surface area contributed by atoms with Crippen molar-refractivity contribution in [3.63, 3.8) is 0 Å². The van der Waals surface area contributed by atoms with E-state index in [2.05, 4.69) is 21.2 Å². The fraction of sp³-hybridized carbons (Fsp3) is 0.250. The first kappa shape index (κ1) is 16.1. The fourth-order valence-electron chi connectivity index (χ4n) is 2.06. The van der Waals surface area contributed by atoms with Crippen molar-refractivity contribution in [2.24, 2.45) is 0 Å². The van der Waals surface area contributed by atoms with Gasteiger partial charge in [0, 0.05) is 22.6 Å². The van der Waals surface area contributed by atoms with Gasteiger partial charge in [-0.1, -0.05) is 28.1 Å². The molecule has 0 aliphatic heterocycles.